The summed E-state index contributed by atoms with van der Waals surface area (Å²) in [6.07, 6.45) is 2.67. The third-order valence-corrected chi connectivity index (χ3v) is 5.12. The molecule has 0 saturated heterocycles. The number of ether oxygens (including phenoxy) is 1. The van der Waals surface area contributed by atoms with Gasteiger partial charge in [-0.2, -0.15) is 0 Å². The van der Waals surface area contributed by atoms with Crippen LogP contribution in [0.2, 0.25) is 0 Å². The zero-order chi connectivity index (χ0) is 21.7. The predicted molar refractivity (Wildman–Crippen MR) is 115 cm³/mol. The van der Waals surface area contributed by atoms with E-state index in [0.717, 1.165) is 23.3 Å². The Balaban J connectivity index is 1.86. The van der Waals surface area contributed by atoms with Gasteiger partial charge in [0.25, 0.3) is 5.91 Å². The fraction of sp³-hybridized carbons (Fsp3) is 0.348. The van der Waals surface area contributed by atoms with Gasteiger partial charge in [0, 0.05) is 26.3 Å². The van der Waals surface area contributed by atoms with Crippen molar-refractivity contribution in [1.82, 2.24) is 19.2 Å². The van der Waals surface area contributed by atoms with E-state index in [1.54, 1.807) is 11.9 Å². The van der Waals surface area contributed by atoms with Crippen LogP contribution in [-0.2, 0) is 22.5 Å². The summed E-state index contributed by atoms with van der Waals surface area (Å²) in [6.45, 7) is 3.09. The Bertz CT molecular complexity index is 1030. The van der Waals surface area contributed by atoms with Crippen molar-refractivity contribution in [2.45, 2.75) is 19.9 Å². The molecule has 0 N–H and O–H groups in total. The Labute approximate surface area is 176 Å². The predicted octanol–water partition coefficient (Wildman–Crippen LogP) is 2.56. The molecule has 0 bridgehead atoms. The number of hydrogen-bond acceptors (Lipinski definition) is 5. The Kier molecular flexibility index (Phi) is 6.84. The lowest BCUT2D eigenvalue weighted by Crippen LogP contribution is -2.32. The van der Waals surface area contributed by atoms with Gasteiger partial charge in [-0.15, -0.1) is 0 Å². The first kappa shape index (κ1) is 21.5. The molecule has 0 atom stereocenters. The van der Waals surface area contributed by atoms with Crippen molar-refractivity contribution in [3.05, 3.63) is 71.2 Å². The van der Waals surface area contributed by atoms with E-state index in [2.05, 4.69) is 17.1 Å². The highest BCUT2D eigenvalue weighted by Gasteiger charge is 2.24. The second kappa shape index (κ2) is 9.54. The average molecular weight is 409 g/mol. The quantitative estimate of drug-likeness (QED) is 0.536. The van der Waals surface area contributed by atoms with Gasteiger partial charge < -0.3 is 14.0 Å². The maximum Gasteiger partial charge on any atom is 0.319 e. The highest BCUT2D eigenvalue weighted by Crippen LogP contribution is 2.19. The fourth-order valence-corrected chi connectivity index (χ4v) is 3.40. The van der Waals surface area contributed by atoms with Gasteiger partial charge in [-0.05, 0) is 37.6 Å². The molecule has 7 heteroatoms. The minimum Gasteiger partial charge on any atom is -0.468 e. The number of amides is 1. The number of nitrogens with zero attached hydrogens (tertiary/aromatic N) is 4. The number of pyridine rings is 1. The van der Waals surface area contributed by atoms with Crippen LogP contribution in [-0.4, -0.2) is 65.4 Å². The topological polar surface area (TPSA) is 67.2 Å². The van der Waals surface area contributed by atoms with Gasteiger partial charge in [0.2, 0.25) is 0 Å². The summed E-state index contributed by atoms with van der Waals surface area (Å²) < 4.78 is 6.69. The Morgan fingerprint density at radius 1 is 1.10 bits per heavy atom. The molecule has 2 aromatic heterocycles. The first-order chi connectivity index (χ1) is 14.4. The van der Waals surface area contributed by atoms with Crippen molar-refractivity contribution in [3.8, 4) is 0 Å². The number of aromatic nitrogens is 2. The van der Waals surface area contributed by atoms with Crippen molar-refractivity contribution >= 4 is 17.5 Å². The zero-order valence-electron chi connectivity index (χ0n) is 18.0. The van der Waals surface area contributed by atoms with Crippen LogP contribution in [0, 0.1) is 6.92 Å². The van der Waals surface area contributed by atoms with E-state index in [9.17, 15) is 9.59 Å². The maximum absolute atomic E-state index is 13.3. The first-order valence-corrected chi connectivity index (χ1v) is 9.92. The molecule has 158 valence electrons. The normalized spacial score (nSPS) is 11.1. The largest absolute Gasteiger partial charge is 0.468 e. The van der Waals surface area contributed by atoms with Gasteiger partial charge >= 0.3 is 5.97 Å². The highest BCUT2D eigenvalue weighted by atomic mass is 16.5. The number of esters is 1. The van der Waals surface area contributed by atoms with Crippen LogP contribution in [0.25, 0.3) is 5.65 Å². The van der Waals surface area contributed by atoms with E-state index in [0.29, 0.717) is 18.8 Å². The van der Waals surface area contributed by atoms with Crippen molar-refractivity contribution in [3.63, 3.8) is 0 Å². The summed E-state index contributed by atoms with van der Waals surface area (Å²) >= 11 is 0. The van der Waals surface area contributed by atoms with Crippen molar-refractivity contribution in [1.29, 1.82) is 0 Å². The van der Waals surface area contributed by atoms with Crippen LogP contribution in [0.3, 0.4) is 0 Å². The molecule has 2 heterocycles. The van der Waals surface area contributed by atoms with Crippen LogP contribution in [0.5, 0.6) is 0 Å². The van der Waals surface area contributed by atoms with Crippen molar-refractivity contribution in [2.75, 3.05) is 34.3 Å². The summed E-state index contributed by atoms with van der Waals surface area (Å²) in [6, 6.07) is 14.0. The van der Waals surface area contributed by atoms with E-state index in [-0.39, 0.29) is 18.4 Å². The molecular weight excluding hydrogens is 380 g/mol. The molecule has 7 nitrogen and oxygen atoms in total. The monoisotopic (exact) mass is 408 g/mol. The summed E-state index contributed by atoms with van der Waals surface area (Å²) in [7, 11) is 4.98. The van der Waals surface area contributed by atoms with E-state index in [1.807, 2.05) is 59.8 Å². The molecule has 0 spiro atoms. The molecule has 30 heavy (non-hydrogen) atoms. The van der Waals surface area contributed by atoms with Gasteiger partial charge in [0.15, 0.2) is 5.69 Å². The summed E-state index contributed by atoms with van der Waals surface area (Å²) in [5.74, 6) is -0.453. The minimum atomic E-state index is -0.324. The number of carbonyl (C=O) groups excluding carboxylic acids is 2. The molecule has 0 aliphatic carbocycles. The van der Waals surface area contributed by atoms with Gasteiger partial charge in [0.1, 0.15) is 5.65 Å². The van der Waals surface area contributed by atoms with Crippen LogP contribution in [0.4, 0.5) is 0 Å². The molecule has 0 unspecified atom stereocenters. The number of fused-ring (bicyclic) bond motifs is 1. The average Bonchev–Trinajstić information content (AvgIpc) is 3.11. The number of likely N-dealkylation sites (N-methyl/N-ethyl adjacent to an activating group) is 2. The minimum absolute atomic E-state index is 0.129. The Hall–Kier alpha value is -3.19. The van der Waals surface area contributed by atoms with Crippen LogP contribution < -0.4 is 0 Å². The van der Waals surface area contributed by atoms with Crippen LogP contribution in [0.1, 0.15) is 27.3 Å². The van der Waals surface area contributed by atoms with Gasteiger partial charge in [-0.3, -0.25) is 14.5 Å². The number of methoxy groups -OCH3 is 1. The Morgan fingerprint density at radius 2 is 1.83 bits per heavy atom. The Morgan fingerprint density at radius 3 is 2.53 bits per heavy atom. The molecule has 0 aliphatic rings. The smallest absolute Gasteiger partial charge is 0.319 e. The van der Waals surface area contributed by atoms with Crippen LogP contribution >= 0.6 is 0 Å². The molecule has 3 aromatic rings. The number of imidazole rings is 1. The molecule has 1 aromatic carbocycles. The second-order valence-corrected chi connectivity index (χ2v) is 7.50. The van der Waals surface area contributed by atoms with Gasteiger partial charge in [-0.25, -0.2) is 4.98 Å². The standard InChI is InChI=1S/C23H28N4O3/c1-17-9-8-13-27-19(15-25(2)16-20(28)30-4)21(24-22(17)27)23(29)26(3)14-12-18-10-6-5-7-11-18/h5-11,13H,12,14-16H2,1-4H3. The van der Waals surface area contributed by atoms with E-state index < -0.39 is 0 Å². The number of hydrogen-bond donors (Lipinski definition) is 0. The van der Waals surface area contributed by atoms with Crippen LogP contribution in [0.15, 0.2) is 48.7 Å². The van der Waals surface area contributed by atoms with E-state index >= 15 is 0 Å². The zero-order valence-corrected chi connectivity index (χ0v) is 18.0. The molecular formula is C23H28N4O3. The lowest BCUT2D eigenvalue weighted by molar-refractivity contribution is -0.141. The molecule has 0 saturated carbocycles. The first-order valence-electron chi connectivity index (χ1n) is 9.92. The third kappa shape index (κ3) is 4.86. The SMILES string of the molecule is COC(=O)CN(C)Cc1c(C(=O)N(C)CCc2ccccc2)nc2c(C)cccn12. The van der Waals surface area contributed by atoms with Gasteiger partial charge in [-0.1, -0.05) is 36.4 Å². The summed E-state index contributed by atoms with van der Waals surface area (Å²) in [5.41, 5.74) is 4.09. The van der Waals surface area contributed by atoms with E-state index in [4.69, 9.17) is 4.74 Å². The lowest BCUT2D eigenvalue weighted by Gasteiger charge is -2.19. The number of rotatable bonds is 8. The molecule has 0 aliphatic heterocycles. The molecule has 0 fully saturated rings. The highest BCUT2D eigenvalue weighted by molar-refractivity contribution is 5.94. The van der Waals surface area contributed by atoms with Crippen molar-refractivity contribution in [2.24, 2.45) is 0 Å². The maximum atomic E-state index is 13.3. The number of benzene rings is 1. The second-order valence-electron chi connectivity index (χ2n) is 7.50. The van der Waals surface area contributed by atoms with E-state index in [1.165, 1.54) is 12.7 Å². The van der Waals surface area contributed by atoms with Gasteiger partial charge in [0.05, 0.1) is 19.3 Å². The third-order valence-electron chi connectivity index (χ3n) is 5.12. The van der Waals surface area contributed by atoms with Crippen molar-refractivity contribution < 1.29 is 14.3 Å². The fourth-order valence-electron chi connectivity index (χ4n) is 3.40. The lowest BCUT2D eigenvalue weighted by atomic mass is 10.1. The number of aryl methyl sites for hydroxylation is 1. The summed E-state index contributed by atoms with van der Waals surface area (Å²) in [4.78, 5) is 33.1. The molecule has 0 radical (unpaired) electrons. The molecule has 1 amide bonds. The molecule has 3 rings (SSSR count). The number of carbonyl (C=O) groups is 2. The summed E-state index contributed by atoms with van der Waals surface area (Å²) in [5, 5.41) is 0.